The van der Waals surface area contributed by atoms with E-state index in [1.807, 2.05) is 31.2 Å². The van der Waals surface area contributed by atoms with E-state index < -0.39 is 10.0 Å². The molecule has 5 nitrogen and oxygen atoms in total. The first kappa shape index (κ1) is 21.1. The van der Waals surface area contributed by atoms with E-state index in [9.17, 15) is 13.2 Å². The molecule has 0 unspecified atom stereocenters. The molecule has 1 N–H and O–H groups in total. The van der Waals surface area contributed by atoms with Crippen LogP contribution >= 0.6 is 11.3 Å². The first-order valence-electron chi connectivity index (χ1n) is 9.24. The molecule has 0 spiro atoms. The fourth-order valence-corrected chi connectivity index (χ4v) is 4.96. The second-order valence-corrected chi connectivity index (χ2v) is 10.0. The van der Waals surface area contributed by atoms with Gasteiger partial charge in [0.1, 0.15) is 4.88 Å². The second-order valence-electron chi connectivity index (χ2n) is 7.15. The maximum absolute atomic E-state index is 13.0. The Labute approximate surface area is 176 Å². The topological polar surface area (TPSA) is 66.5 Å². The summed E-state index contributed by atoms with van der Waals surface area (Å²) in [5, 5.41) is 4.60. The van der Waals surface area contributed by atoms with Gasteiger partial charge in [-0.15, -0.1) is 11.3 Å². The Kier molecular flexibility index (Phi) is 6.10. The number of rotatable bonds is 6. The van der Waals surface area contributed by atoms with E-state index >= 15 is 0 Å². The number of nitrogens with one attached hydrogen (secondary N) is 1. The van der Waals surface area contributed by atoms with Crippen LogP contribution < -0.4 is 9.62 Å². The Bertz CT molecular complexity index is 1120. The minimum atomic E-state index is -3.77. The minimum Gasteiger partial charge on any atom is -0.321 e. The molecule has 0 aliphatic heterocycles. The van der Waals surface area contributed by atoms with Gasteiger partial charge >= 0.3 is 0 Å². The summed E-state index contributed by atoms with van der Waals surface area (Å²) in [6, 6.07) is 16.0. The number of aryl methyl sites for hydroxylation is 1. The molecular weight excluding hydrogens is 404 g/mol. The number of nitrogens with zero attached hydrogens (tertiary/aromatic N) is 1. The number of benzene rings is 2. The lowest BCUT2D eigenvalue weighted by molar-refractivity contribution is 0.103. The van der Waals surface area contributed by atoms with Crippen LogP contribution in [0.15, 0.2) is 64.9 Å². The predicted molar refractivity (Wildman–Crippen MR) is 120 cm³/mol. The van der Waals surface area contributed by atoms with Gasteiger partial charge in [-0.1, -0.05) is 43.7 Å². The molecule has 0 aliphatic rings. The average Bonchev–Trinajstić information content (AvgIpc) is 3.17. The van der Waals surface area contributed by atoms with E-state index in [2.05, 4.69) is 19.2 Å². The summed E-state index contributed by atoms with van der Waals surface area (Å²) >= 11 is 1.21. The van der Waals surface area contributed by atoms with E-state index in [0.717, 1.165) is 15.4 Å². The van der Waals surface area contributed by atoms with Crippen LogP contribution in [0.3, 0.4) is 0 Å². The molecule has 3 rings (SSSR count). The van der Waals surface area contributed by atoms with Gasteiger partial charge in [0, 0.05) is 12.7 Å². The van der Waals surface area contributed by atoms with Crippen molar-refractivity contribution in [1.82, 2.24) is 0 Å². The van der Waals surface area contributed by atoms with Gasteiger partial charge in [0.2, 0.25) is 0 Å². The third kappa shape index (κ3) is 4.52. The Morgan fingerprint density at radius 3 is 2.41 bits per heavy atom. The Hall–Kier alpha value is -2.64. The van der Waals surface area contributed by atoms with Crippen molar-refractivity contribution in [3.05, 3.63) is 76.0 Å². The number of carbonyl (C=O) groups excluding carboxylic acids is 1. The second kappa shape index (κ2) is 8.39. The highest BCUT2D eigenvalue weighted by Gasteiger charge is 2.26. The van der Waals surface area contributed by atoms with Crippen molar-refractivity contribution in [2.75, 3.05) is 16.7 Å². The molecule has 29 heavy (non-hydrogen) atoms. The highest BCUT2D eigenvalue weighted by molar-refractivity contribution is 7.92. The zero-order valence-electron chi connectivity index (χ0n) is 16.8. The molecule has 0 saturated heterocycles. The van der Waals surface area contributed by atoms with Crippen LogP contribution in [0.4, 0.5) is 11.4 Å². The highest BCUT2D eigenvalue weighted by atomic mass is 32.2. The zero-order chi connectivity index (χ0) is 21.2. The molecule has 0 atom stereocenters. The third-order valence-corrected chi connectivity index (χ3v) is 7.37. The lowest BCUT2D eigenvalue weighted by Gasteiger charge is -2.20. The van der Waals surface area contributed by atoms with E-state index in [0.29, 0.717) is 22.2 Å². The van der Waals surface area contributed by atoms with Crippen LogP contribution in [0.25, 0.3) is 0 Å². The fraction of sp³-hybridized carbons (Fsp3) is 0.227. The first-order valence-corrected chi connectivity index (χ1v) is 11.6. The van der Waals surface area contributed by atoms with Gasteiger partial charge in [0.25, 0.3) is 15.9 Å². The number of amides is 1. The molecule has 1 heterocycles. The number of carbonyl (C=O) groups is 1. The monoisotopic (exact) mass is 428 g/mol. The van der Waals surface area contributed by atoms with E-state index in [-0.39, 0.29) is 10.8 Å². The molecule has 152 valence electrons. The molecule has 0 fully saturated rings. The van der Waals surface area contributed by atoms with Crippen molar-refractivity contribution in [3.8, 4) is 0 Å². The largest absolute Gasteiger partial charge is 0.321 e. The number of thiophene rings is 1. The van der Waals surface area contributed by atoms with Crippen molar-refractivity contribution in [2.45, 2.75) is 31.6 Å². The number of hydrogen-bond acceptors (Lipinski definition) is 4. The molecule has 2 aromatic carbocycles. The predicted octanol–water partition coefficient (Wildman–Crippen LogP) is 5.26. The molecule has 1 amide bonds. The summed E-state index contributed by atoms with van der Waals surface area (Å²) in [5.74, 6) is 0.0109. The number of sulfonamides is 1. The molecule has 0 aliphatic carbocycles. The van der Waals surface area contributed by atoms with Crippen LogP contribution in [0.5, 0.6) is 0 Å². The quantitative estimate of drug-likeness (QED) is 0.582. The van der Waals surface area contributed by atoms with Gasteiger partial charge in [0.15, 0.2) is 0 Å². The van der Waals surface area contributed by atoms with E-state index in [4.69, 9.17) is 0 Å². The van der Waals surface area contributed by atoms with Crippen molar-refractivity contribution in [2.24, 2.45) is 0 Å². The van der Waals surface area contributed by atoms with Crippen LogP contribution in [0, 0.1) is 6.92 Å². The van der Waals surface area contributed by atoms with Gasteiger partial charge in [0.05, 0.1) is 10.6 Å². The Balaban J connectivity index is 1.87. The summed E-state index contributed by atoms with van der Waals surface area (Å²) in [6.45, 7) is 6.07. The number of anilines is 2. The smallest absolute Gasteiger partial charge is 0.267 e. The lowest BCUT2D eigenvalue weighted by atomic mass is 10.0. The molecule has 0 bridgehead atoms. The summed E-state index contributed by atoms with van der Waals surface area (Å²) in [4.78, 5) is 13.4. The van der Waals surface area contributed by atoms with E-state index in [1.54, 1.807) is 35.7 Å². The third-order valence-electron chi connectivity index (χ3n) is 4.68. The fourth-order valence-electron chi connectivity index (χ4n) is 2.88. The average molecular weight is 429 g/mol. The van der Waals surface area contributed by atoms with Gasteiger partial charge in [-0.2, -0.15) is 0 Å². The van der Waals surface area contributed by atoms with Crippen molar-refractivity contribution >= 4 is 38.6 Å². The van der Waals surface area contributed by atoms with Crippen molar-refractivity contribution in [3.63, 3.8) is 0 Å². The van der Waals surface area contributed by atoms with Gasteiger partial charge < -0.3 is 5.32 Å². The molecule has 7 heteroatoms. The van der Waals surface area contributed by atoms with Crippen LogP contribution in [-0.4, -0.2) is 21.4 Å². The maximum atomic E-state index is 13.0. The molecule has 3 aromatic rings. The van der Waals surface area contributed by atoms with Crippen molar-refractivity contribution in [1.29, 1.82) is 0 Å². The summed E-state index contributed by atoms with van der Waals surface area (Å²) in [6.07, 6.45) is 0. The zero-order valence-corrected chi connectivity index (χ0v) is 18.5. The molecular formula is C22H24N2O3S2. The van der Waals surface area contributed by atoms with Gasteiger partial charge in [-0.25, -0.2) is 8.42 Å². The molecule has 1 aromatic heterocycles. The maximum Gasteiger partial charge on any atom is 0.267 e. The molecule has 0 radical (unpaired) electrons. The standard InChI is InChI=1S/C22H24N2O3S2/c1-15(2)17-6-5-7-18(14-17)23-22(25)21-20(12-13-28-21)24(4)29(26,27)19-10-8-16(3)9-11-19/h5-15H,1-4H3,(H,23,25). The summed E-state index contributed by atoms with van der Waals surface area (Å²) < 4.78 is 27.1. The van der Waals surface area contributed by atoms with Crippen molar-refractivity contribution < 1.29 is 13.2 Å². The Morgan fingerprint density at radius 2 is 1.76 bits per heavy atom. The van der Waals surface area contributed by atoms with Gasteiger partial charge in [-0.3, -0.25) is 9.10 Å². The highest BCUT2D eigenvalue weighted by Crippen LogP contribution is 2.31. The minimum absolute atomic E-state index is 0.188. The Morgan fingerprint density at radius 1 is 1.07 bits per heavy atom. The van der Waals surface area contributed by atoms with Crippen LogP contribution in [0.2, 0.25) is 0 Å². The van der Waals surface area contributed by atoms with E-state index in [1.165, 1.54) is 18.4 Å². The summed E-state index contributed by atoms with van der Waals surface area (Å²) in [5.41, 5.74) is 3.14. The molecule has 0 saturated carbocycles. The normalized spacial score (nSPS) is 11.5. The van der Waals surface area contributed by atoms with Crippen LogP contribution in [0.1, 0.15) is 40.6 Å². The lowest BCUT2D eigenvalue weighted by Crippen LogP contribution is -2.28. The SMILES string of the molecule is Cc1ccc(S(=O)(=O)N(C)c2ccsc2C(=O)Nc2cccc(C(C)C)c2)cc1. The summed E-state index contributed by atoms with van der Waals surface area (Å²) in [7, 11) is -2.30. The number of hydrogen-bond donors (Lipinski definition) is 1. The van der Waals surface area contributed by atoms with Crippen LogP contribution in [-0.2, 0) is 10.0 Å². The first-order chi connectivity index (χ1) is 13.7. The van der Waals surface area contributed by atoms with Gasteiger partial charge in [-0.05, 0) is 54.1 Å².